The Morgan fingerprint density at radius 2 is 2.40 bits per heavy atom. The van der Waals surface area contributed by atoms with Gasteiger partial charge in [0.05, 0.1) is 19.8 Å². The summed E-state index contributed by atoms with van der Waals surface area (Å²) in [5.74, 6) is -0.618. The van der Waals surface area contributed by atoms with E-state index in [0.717, 1.165) is 29.5 Å². The number of hydrogen-bond donors (Lipinski definition) is 2. The molecule has 0 radical (unpaired) electrons. The number of carbonyl (C=O) groups excluding carboxylic acids is 1. The smallest absolute Gasteiger partial charge is 0.339 e. The van der Waals surface area contributed by atoms with Gasteiger partial charge in [0.25, 0.3) is 0 Å². The molecule has 2 N–H and O–H groups in total. The summed E-state index contributed by atoms with van der Waals surface area (Å²) in [4.78, 5) is 15.0. The number of rotatable bonds is 3. The van der Waals surface area contributed by atoms with Crippen LogP contribution in [0.1, 0.15) is 29.8 Å². The number of aromatic nitrogens is 1. The molecule has 1 aromatic carbocycles. The number of H-pyrrole nitrogens is 1. The van der Waals surface area contributed by atoms with Crippen molar-refractivity contribution in [1.29, 1.82) is 0 Å². The van der Waals surface area contributed by atoms with Crippen LogP contribution in [0, 0.1) is 0 Å². The van der Waals surface area contributed by atoms with Crippen LogP contribution in [0.3, 0.4) is 0 Å². The molecular weight excluding hydrogens is 258 g/mol. The van der Waals surface area contributed by atoms with Gasteiger partial charge in [-0.3, -0.25) is 0 Å². The third-order valence-electron chi connectivity index (χ3n) is 3.59. The van der Waals surface area contributed by atoms with Crippen LogP contribution in [0.4, 0.5) is 0 Å². The highest BCUT2D eigenvalue weighted by molar-refractivity contribution is 5.87. The molecule has 0 aliphatic carbocycles. The van der Waals surface area contributed by atoms with E-state index in [1.165, 1.54) is 5.69 Å². The molecule has 2 heterocycles. The van der Waals surface area contributed by atoms with Crippen molar-refractivity contribution in [1.82, 2.24) is 4.98 Å². The number of fused-ring (bicyclic) bond motifs is 3. The summed E-state index contributed by atoms with van der Waals surface area (Å²) < 4.78 is 10.3. The third kappa shape index (κ3) is 2.19. The quantitative estimate of drug-likeness (QED) is 0.838. The van der Waals surface area contributed by atoms with Crippen molar-refractivity contribution in [3.05, 3.63) is 35.0 Å². The van der Waals surface area contributed by atoms with Crippen LogP contribution in [-0.4, -0.2) is 29.3 Å². The summed E-state index contributed by atoms with van der Waals surface area (Å²) in [6, 6.07) is 5.46. The molecule has 0 saturated heterocycles. The lowest BCUT2D eigenvalue weighted by Crippen LogP contribution is -2.15. The van der Waals surface area contributed by atoms with Crippen molar-refractivity contribution in [2.24, 2.45) is 0 Å². The van der Waals surface area contributed by atoms with Gasteiger partial charge in [0.1, 0.15) is 0 Å². The number of nitrogens with one attached hydrogen (secondary N) is 1. The number of aliphatic hydroxyl groups excluding tert-OH is 1. The van der Waals surface area contributed by atoms with Crippen molar-refractivity contribution < 1.29 is 19.4 Å². The van der Waals surface area contributed by atoms with Crippen LogP contribution in [0.25, 0.3) is 10.9 Å². The Morgan fingerprint density at radius 3 is 3.20 bits per heavy atom. The molecule has 3 rings (SSSR count). The van der Waals surface area contributed by atoms with Crippen molar-refractivity contribution in [3.8, 4) is 0 Å². The summed E-state index contributed by atoms with van der Waals surface area (Å²) >= 11 is 0. The van der Waals surface area contributed by atoms with Crippen LogP contribution in [0.5, 0.6) is 0 Å². The highest BCUT2D eigenvalue weighted by Crippen LogP contribution is 2.29. The van der Waals surface area contributed by atoms with Crippen LogP contribution in [0.2, 0.25) is 0 Å². The zero-order chi connectivity index (χ0) is 14.1. The Balaban J connectivity index is 1.99. The van der Waals surface area contributed by atoms with Crippen molar-refractivity contribution in [2.45, 2.75) is 26.1 Å². The molecule has 0 spiro atoms. The van der Waals surface area contributed by atoms with Crippen molar-refractivity contribution in [3.63, 3.8) is 0 Å². The summed E-state index contributed by atoms with van der Waals surface area (Å²) in [5.41, 5.74) is 3.84. The first-order valence-corrected chi connectivity index (χ1v) is 6.76. The van der Waals surface area contributed by atoms with Gasteiger partial charge in [-0.15, -0.1) is 0 Å². The molecule has 0 saturated carbocycles. The number of hydrogen-bond acceptors (Lipinski definition) is 4. The first-order valence-electron chi connectivity index (χ1n) is 6.76. The van der Waals surface area contributed by atoms with Gasteiger partial charge >= 0.3 is 5.97 Å². The Kier molecular flexibility index (Phi) is 3.46. The number of benzene rings is 1. The Bertz CT molecular complexity index is 647. The minimum Gasteiger partial charge on any atom is -0.464 e. The number of esters is 1. The van der Waals surface area contributed by atoms with E-state index in [1.807, 2.05) is 12.1 Å². The van der Waals surface area contributed by atoms with Gasteiger partial charge in [-0.25, -0.2) is 4.79 Å². The highest BCUT2D eigenvalue weighted by Gasteiger charge is 2.21. The lowest BCUT2D eigenvalue weighted by molar-refractivity contribution is -0.153. The molecule has 106 valence electrons. The minimum atomic E-state index is -1.24. The maximum absolute atomic E-state index is 11.6. The predicted octanol–water partition coefficient (Wildman–Crippen LogP) is 1.84. The molecular formula is C15H17NO4. The zero-order valence-electron chi connectivity index (χ0n) is 11.3. The largest absolute Gasteiger partial charge is 0.464 e. The van der Waals surface area contributed by atoms with Gasteiger partial charge in [-0.05, 0) is 24.6 Å². The zero-order valence-corrected chi connectivity index (χ0v) is 11.3. The fraction of sp³-hybridized carbons (Fsp3) is 0.400. The van der Waals surface area contributed by atoms with E-state index in [4.69, 9.17) is 9.47 Å². The average molecular weight is 275 g/mol. The van der Waals surface area contributed by atoms with Crippen LogP contribution >= 0.6 is 0 Å². The molecule has 1 aliphatic heterocycles. The minimum absolute atomic E-state index is 0.255. The van der Waals surface area contributed by atoms with Gasteiger partial charge < -0.3 is 19.6 Å². The molecule has 1 unspecified atom stereocenters. The molecule has 0 bridgehead atoms. The van der Waals surface area contributed by atoms with Crippen molar-refractivity contribution >= 4 is 16.9 Å². The van der Waals surface area contributed by atoms with E-state index in [-0.39, 0.29) is 6.61 Å². The first-order chi connectivity index (χ1) is 9.70. The SMILES string of the molecule is CCOC(=O)C(O)c1ccc2[nH]c3c(c2c1)COCC3. The topological polar surface area (TPSA) is 71.5 Å². The van der Waals surface area contributed by atoms with E-state index in [0.29, 0.717) is 12.2 Å². The van der Waals surface area contributed by atoms with E-state index in [1.54, 1.807) is 13.0 Å². The summed E-state index contributed by atoms with van der Waals surface area (Å²) in [5, 5.41) is 11.0. The molecule has 5 nitrogen and oxygen atoms in total. The number of carbonyl (C=O) groups is 1. The van der Waals surface area contributed by atoms with Crippen LogP contribution in [-0.2, 0) is 27.3 Å². The van der Waals surface area contributed by atoms with Gasteiger partial charge in [-0.2, -0.15) is 0 Å². The van der Waals surface area contributed by atoms with Crippen LogP contribution in [0.15, 0.2) is 18.2 Å². The summed E-state index contributed by atoms with van der Waals surface area (Å²) in [7, 11) is 0. The van der Waals surface area contributed by atoms with Crippen LogP contribution < -0.4 is 0 Å². The molecule has 1 aliphatic rings. The van der Waals surface area contributed by atoms with E-state index in [9.17, 15) is 9.90 Å². The number of aromatic amines is 1. The molecule has 5 heteroatoms. The third-order valence-corrected chi connectivity index (χ3v) is 3.59. The Labute approximate surface area is 116 Å². The molecule has 1 aromatic heterocycles. The maximum atomic E-state index is 11.6. The average Bonchev–Trinajstić information content (AvgIpc) is 2.84. The predicted molar refractivity (Wildman–Crippen MR) is 73.3 cm³/mol. The monoisotopic (exact) mass is 275 g/mol. The molecule has 1 atom stereocenters. The second kappa shape index (κ2) is 5.26. The molecule has 2 aromatic rings. The normalized spacial score (nSPS) is 15.9. The maximum Gasteiger partial charge on any atom is 0.339 e. The fourth-order valence-electron chi connectivity index (χ4n) is 2.58. The van der Waals surface area contributed by atoms with Gasteiger partial charge in [0.2, 0.25) is 0 Å². The molecule has 20 heavy (non-hydrogen) atoms. The first kappa shape index (κ1) is 13.1. The molecule has 0 fully saturated rings. The van der Waals surface area contributed by atoms with Crippen molar-refractivity contribution in [2.75, 3.05) is 13.2 Å². The fourth-order valence-corrected chi connectivity index (χ4v) is 2.58. The molecule has 0 amide bonds. The van der Waals surface area contributed by atoms with E-state index in [2.05, 4.69) is 4.98 Å². The summed E-state index contributed by atoms with van der Waals surface area (Å²) in [6.07, 6.45) is -0.380. The second-order valence-corrected chi connectivity index (χ2v) is 4.84. The van der Waals surface area contributed by atoms with Gasteiger partial charge in [0.15, 0.2) is 6.10 Å². The lowest BCUT2D eigenvalue weighted by atomic mass is 10.0. The summed E-state index contributed by atoms with van der Waals surface area (Å²) in [6.45, 7) is 3.26. The van der Waals surface area contributed by atoms with Gasteiger partial charge in [-0.1, -0.05) is 6.07 Å². The lowest BCUT2D eigenvalue weighted by Gasteiger charge is -2.13. The Hall–Kier alpha value is -1.85. The highest BCUT2D eigenvalue weighted by atomic mass is 16.5. The second-order valence-electron chi connectivity index (χ2n) is 4.84. The standard InChI is InChI=1S/C15H17NO4/c1-2-20-15(18)14(17)9-3-4-12-10(7-9)11-8-19-6-5-13(11)16-12/h3-4,7,14,16-17H,2,5-6,8H2,1H3. The van der Waals surface area contributed by atoms with Gasteiger partial charge in [0, 0.05) is 28.6 Å². The van der Waals surface area contributed by atoms with E-state index < -0.39 is 12.1 Å². The Morgan fingerprint density at radius 1 is 1.55 bits per heavy atom. The van der Waals surface area contributed by atoms with E-state index >= 15 is 0 Å². The number of aliphatic hydroxyl groups is 1. The number of ether oxygens (including phenoxy) is 2.